The quantitative estimate of drug-likeness (QED) is 0.212. The Morgan fingerprint density at radius 3 is 1.98 bits per heavy atom. The molecule has 0 aliphatic heterocycles. The molecule has 4 rings (SSSR count). The smallest absolute Gasteiger partial charge is 0.457 e. The molecule has 3 N–H and O–H groups in total. The molecule has 2 amide bonds. The van der Waals surface area contributed by atoms with E-state index >= 15 is 0 Å². The molecule has 4 aromatic rings. The summed E-state index contributed by atoms with van der Waals surface area (Å²) in [6, 6.07) is 23.3. The maximum Gasteiger partial charge on any atom is 0.457 e. The monoisotopic (exact) mass is 592 g/mol. The van der Waals surface area contributed by atoms with Crippen LogP contribution in [0.4, 0.5) is 0 Å². The third kappa shape index (κ3) is 7.76. The Bertz CT molecular complexity index is 1640. The molecule has 1 aromatic heterocycles. The third-order valence-electron chi connectivity index (χ3n) is 5.95. The van der Waals surface area contributed by atoms with E-state index in [1.54, 1.807) is 84.9 Å². The number of para-hydroxylation sites is 2. The van der Waals surface area contributed by atoms with E-state index in [9.17, 15) is 23.7 Å². The normalized spacial score (nSPS) is 11.7. The summed E-state index contributed by atoms with van der Waals surface area (Å²) in [5, 5.41) is 5.10. The molecular formula is C29H29N4O8P. The van der Waals surface area contributed by atoms with Crippen molar-refractivity contribution in [1.29, 1.82) is 0 Å². The van der Waals surface area contributed by atoms with Crippen LogP contribution in [-0.2, 0) is 20.7 Å². The lowest BCUT2D eigenvalue weighted by Crippen LogP contribution is -2.42. The Morgan fingerprint density at radius 2 is 1.43 bits per heavy atom. The van der Waals surface area contributed by atoms with Crippen LogP contribution in [0.3, 0.4) is 0 Å². The fraction of sp³-hybridized carbons (Fsp3) is 0.172. The van der Waals surface area contributed by atoms with Crippen molar-refractivity contribution < 1.29 is 27.9 Å². The second-order valence-electron chi connectivity index (χ2n) is 9.07. The van der Waals surface area contributed by atoms with E-state index in [1.165, 1.54) is 20.2 Å². The van der Waals surface area contributed by atoms with Crippen LogP contribution in [0, 0.1) is 6.92 Å². The zero-order valence-electron chi connectivity index (χ0n) is 22.8. The minimum Gasteiger partial charge on any atom is -0.497 e. The van der Waals surface area contributed by atoms with Crippen molar-refractivity contribution in [3.05, 3.63) is 123 Å². The van der Waals surface area contributed by atoms with Gasteiger partial charge in [0.1, 0.15) is 23.8 Å². The number of aromatic amines is 1. The molecule has 218 valence electrons. The SMILES string of the molecule is COc1ccc(C(NC(=O)CNC(=O)Cn2cc(C)c(=O)[nH]c2=O)P(=O)(Oc2ccccc2)Oc2ccccc2)cc1. The molecule has 0 fully saturated rings. The van der Waals surface area contributed by atoms with E-state index in [0.717, 1.165) is 4.57 Å². The molecular weight excluding hydrogens is 563 g/mol. The fourth-order valence-electron chi connectivity index (χ4n) is 3.84. The molecule has 3 aromatic carbocycles. The lowest BCUT2D eigenvalue weighted by Gasteiger charge is -2.28. The van der Waals surface area contributed by atoms with Crippen molar-refractivity contribution in [3.8, 4) is 17.2 Å². The number of nitrogens with zero attached hydrogens (tertiary/aromatic N) is 1. The average Bonchev–Trinajstić information content (AvgIpc) is 2.98. The second kappa shape index (κ2) is 13.5. The van der Waals surface area contributed by atoms with Gasteiger partial charge in [-0.1, -0.05) is 48.5 Å². The molecule has 0 spiro atoms. The average molecular weight is 593 g/mol. The summed E-state index contributed by atoms with van der Waals surface area (Å²) in [5.74, 6) is -1.64. The summed E-state index contributed by atoms with van der Waals surface area (Å²) >= 11 is 0. The number of amides is 2. The van der Waals surface area contributed by atoms with Gasteiger partial charge in [-0.15, -0.1) is 0 Å². The molecule has 1 heterocycles. The van der Waals surface area contributed by atoms with Crippen molar-refractivity contribution >= 4 is 19.4 Å². The number of methoxy groups -OCH3 is 1. The summed E-state index contributed by atoms with van der Waals surface area (Å²) in [6.07, 6.45) is 1.25. The number of aromatic nitrogens is 2. The summed E-state index contributed by atoms with van der Waals surface area (Å²) in [4.78, 5) is 51.3. The Balaban J connectivity index is 1.59. The Hall–Kier alpha value is -5.09. The highest BCUT2D eigenvalue weighted by Gasteiger charge is 2.42. The maximum absolute atomic E-state index is 14.6. The molecule has 1 unspecified atom stereocenters. The second-order valence-corrected chi connectivity index (χ2v) is 11.0. The molecule has 12 nitrogen and oxygen atoms in total. The van der Waals surface area contributed by atoms with Gasteiger partial charge in [0.2, 0.25) is 11.8 Å². The lowest BCUT2D eigenvalue weighted by molar-refractivity contribution is -0.126. The number of benzene rings is 3. The molecule has 0 radical (unpaired) electrons. The summed E-state index contributed by atoms with van der Waals surface area (Å²) < 4.78 is 32.7. The van der Waals surface area contributed by atoms with Crippen LogP contribution >= 0.6 is 7.60 Å². The summed E-state index contributed by atoms with van der Waals surface area (Å²) in [5.41, 5.74) is -0.682. The van der Waals surface area contributed by atoms with Gasteiger partial charge in [0.25, 0.3) is 5.56 Å². The first-order chi connectivity index (χ1) is 20.2. The molecule has 0 bridgehead atoms. The van der Waals surface area contributed by atoms with Gasteiger partial charge < -0.3 is 24.4 Å². The highest BCUT2D eigenvalue weighted by atomic mass is 31.2. The first kappa shape index (κ1) is 29.9. The zero-order chi connectivity index (χ0) is 30.1. The van der Waals surface area contributed by atoms with Gasteiger partial charge in [0.05, 0.1) is 13.7 Å². The third-order valence-corrected chi connectivity index (χ3v) is 7.94. The van der Waals surface area contributed by atoms with Gasteiger partial charge in [-0.3, -0.25) is 23.9 Å². The Morgan fingerprint density at radius 1 is 0.857 bits per heavy atom. The van der Waals surface area contributed by atoms with Crippen LogP contribution in [0.5, 0.6) is 17.2 Å². The van der Waals surface area contributed by atoms with E-state index in [1.807, 2.05) is 0 Å². The van der Waals surface area contributed by atoms with Crippen LogP contribution in [0.1, 0.15) is 16.9 Å². The summed E-state index contributed by atoms with van der Waals surface area (Å²) in [7, 11) is -2.75. The molecule has 0 aliphatic rings. The highest BCUT2D eigenvalue weighted by molar-refractivity contribution is 7.55. The van der Waals surface area contributed by atoms with Crippen molar-refractivity contribution in [1.82, 2.24) is 20.2 Å². The number of aryl methyl sites for hydroxylation is 1. The number of carbonyl (C=O) groups is 2. The highest BCUT2D eigenvalue weighted by Crippen LogP contribution is 2.59. The van der Waals surface area contributed by atoms with Gasteiger partial charge in [-0.2, -0.15) is 0 Å². The molecule has 0 saturated carbocycles. The van der Waals surface area contributed by atoms with Crippen molar-refractivity contribution in [2.75, 3.05) is 13.7 Å². The van der Waals surface area contributed by atoms with E-state index in [-0.39, 0.29) is 17.1 Å². The van der Waals surface area contributed by atoms with Gasteiger partial charge in [-0.05, 0) is 48.9 Å². The number of H-pyrrole nitrogens is 1. The zero-order valence-corrected chi connectivity index (χ0v) is 23.7. The molecule has 1 atom stereocenters. The number of carbonyl (C=O) groups excluding carboxylic acids is 2. The van der Waals surface area contributed by atoms with Crippen molar-refractivity contribution in [2.24, 2.45) is 0 Å². The minimum atomic E-state index is -4.26. The number of nitrogens with one attached hydrogen (secondary N) is 3. The molecule has 13 heteroatoms. The van der Waals surface area contributed by atoms with Gasteiger partial charge in [0, 0.05) is 11.8 Å². The van der Waals surface area contributed by atoms with Crippen LogP contribution < -0.4 is 35.7 Å². The van der Waals surface area contributed by atoms with Gasteiger partial charge in [-0.25, -0.2) is 9.36 Å². The van der Waals surface area contributed by atoms with E-state index in [2.05, 4.69) is 15.6 Å². The largest absolute Gasteiger partial charge is 0.497 e. The van der Waals surface area contributed by atoms with Crippen molar-refractivity contribution in [2.45, 2.75) is 19.3 Å². The van der Waals surface area contributed by atoms with E-state index in [4.69, 9.17) is 13.8 Å². The Labute approximate surface area is 240 Å². The molecule has 0 saturated heterocycles. The van der Waals surface area contributed by atoms with Gasteiger partial charge in [0.15, 0.2) is 5.78 Å². The number of rotatable bonds is 12. The number of hydrogen-bond donors (Lipinski definition) is 3. The summed E-state index contributed by atoms with van der Waals surface area (Å²) in [6.45, 7) is 0.546. The van der Waals surface area contributed by atoms with Crippen molar-refractivity contribution in [3.63, 3.8) is 0 Å². The number of hydrogen-bond acceptors (Lipinski definition) is 8. The van der Waals surface area contributed by atoms with E-state index < -0.39 is 49.5 Å². The topological polar surface area (TPSA) is 158 Å². The molecule has 42 heavy (non-hydrogen) atoms. The first-order valence-electron chi connectivity index (χ1n) is 12.8. The number of ether oxygens (including phenoxy) is 1. The molecule has 0 aliphatic carbocycles. The van der Waals surface area contributed by atoms with Crippen LogP contribution in [0.25, 0.3) is 0 Å². The predicted molar refractivity (Wildman–Crippen MR) is 155 cm³/mol. The Kier molecular flexibility index (Phi) is 9.61. The van der Waals surface area contributed by atoms with Crippen LogP contribution in [-0.4, -0.2) is 35.0 Å². The first-order valence-corrected chi connectivity index (χ1v) is 14.4. The minimum absolute atomic E-state index is 0.245. The van der Waals surface area contributed by atoms with Gasteiger partial charge >= 0.3 is 13.3 Å². The maximum atomic E-state index is 14.6. The lowest BCUT2D eigenvalue weighted by atomic mass is 10.2. The van der Waals surface area contributed by atoms with Crippen LogP contribution in [0.15, 0.2) is 101 Å². The fourth-order valence-corrected chi connectivity index (χ4v) is 5.76. The standard InChI is InChI=1S/C29H29N4O8P/c1-20-18-33(29(37)32-27(20)36)19-26(35)30-17-25(34)31-28(21-13-15-22(39-2)16-14-21)42(38,40-23-9-5-3-6-10-23)41-24-11-7-4-8-12-24/h3-16,18,28H,17,19H2,1-2H3,(H,30,35)(H,31,34)(H,32,36,37). The predicted octanol–water partition coefficient (Wildman–Crippen LogP) is 3.14. The van der Waals surface area contributed by atoms with Crippen LogP contribution in [0.2, 0.25) is 0 Å². The van der Waals surface area contributed by atoms with E-state index in [0.29, 0.717) is 11.3 Å².